The Morgan fingerprint density at radius 1 is 0.947 bits per heavy atom. The summed E-state index contributed by atoms with van der Waals surface area (Å²) in [6.07, 6.45) is 0. The van der Waals surface area contributed by atoms with Gasteiger partial charge in [0.15, 0.2) is 5.54 Å². The van der Waals surface area contributed by atoms with Gasteiger partial charge >= 0.3 is 0 Å². The number of aliphatic imine (C=N–C) groups is 1. The van der Waals surface area contributed by atoms with Crippen molar-refractivity contribution in [3.05, 3.63) is 59.7 Å². The van der Waals surface area contributed by atoms with Crippen LogP contribution in [0.1, 0.15) is 11.1 Å². The van der Waals surface area contributed by atoms with Crippen molar-refractivity contribution in [3.63, 3.8) is 0 Å². The molecule has 2 N–H and O–H groups in total. The summed E-state index contributed by atoms with van der Waals surface area (Å²) >= 11 is 0. The third kappa shape index (κ3) is 1.31. The van der Waals surface area contributed by atoms with Crippen LogP contribution in [-0.4, -0.2) is 12.6 Å². The van der Waals surface area contributed by atoms with Crippen molar-refractivity contribution in [1.29, 1.82) is 0 Å². The minimum absolute atomic E-state index is 0.228. The molecule has 4 heteroatoms. The summed E-state index contributed by atoms with van der Waals surface area (Å²) in [5.41, 5.74) is 7.16. The van der Waals surface area contributed by atoms with E-state index in [1.54, 1.807) is 0 Å². The SMILES string of the molecule is NC1=NC2(CO1)c1ccccc1Oc1ccccc12. The molecule has 0 aliphatic carbocycles. The molecular weight excluding hydrogens is 240 g/mol. The van der Waals surface area contributed by atoms with E-state index >= 15 is 0 Å². The molecule has 2 aliphatic heterocycles. The zero-order valence-corrected chi connectivity index (χ0v) is 10.2. The van der Waals surface area contributed by atoms with Crippen LogP contribution in [0.2, 0.25) is 0 Å². The maximum absolute atomic E-state index is 5.93. The molecule has 0 saturated carbocycles. The molecule has 2 heterocycles. The molecule has 2 aliphatic rings. The van der Waals surface area contributed by atoms with Crippen LogP contribution in [0.4, 0.5) is 0 Å². The van der Waals surface area contributed by atoms with Gasteiger partial charge < -0.3 is 15.2 Å². The summed E-state index contributed by atoms with van der Waals surface area (Å²) in [7, 11) is 0. The number of para-hydroxylation sites is 2. The van der Waals surface area contributed by atoms with Crippen LogP contribution in [-0.2, 0) is 10.3 Å². The van der Waals surface area contributed by atoms with Gasteiger partial charge in [0.05, 0.1) is 0 Å². The van der Waals surface area contributed by atoms with Gasteiger partial charge in [0.1, 0.15) is 18.1 Å². The average molecular weight is 252 g/mol. The summed E-state index contributed by atoms with van der Waals surface area (Å²) < 4.78 is 11.4. The number of benzene rings is 2. The number of rotatable bonds is 0. The lowest BCUT2D eigenvalue weighted by atomic mass is 9.81. The zero-order chi connectivity index (χ0) is 12.9. The Bertz CT molecular complexity index is 649. The van der Waals surface area contributed by atoms with Crippen LogP contribution >= 0.6 is 0 Å². The largest absolute Gasteiger partial charge is 0.462 e. The van der Waals surface area contributed by atoms with Gasteiger partial charge in [0.25, 0.3) is 6.02 Å². The van der Waals surface area contributed by atoms with Crippen molar-refractivity contribution in [2.24, 2.45) is 10.7 Å². The van der Waals surface area contributed by atoms with Gasteiger partial charge in [-0.1, -0.05) is 36.4 Å². The molecule has 0 aromatic heterocycles. The zero-order valence-electron chi connectivity index (χ0n) is 10.2. The lowest BCUT2D eigenvalue weighted by molar-refractivity contribution is 0.264. The van der Waals surface area contributed by atoms with Crippen molar-refractivity contribution in [1.82, 2.24) is 0 Å². The topological polar surface area (TPSA) is 56.8 Å². The van der Waals surface area contributed by atoms with E-state index < -0.39 is 5.54 Å². The number of nitrogens with two attached hydrogens (primary N) is 1. The fourth-order valence-electron chi connectivity index (χ4n) is 2.77. The number of hydrogen-bond acceptors (Lipinski definition) is 4. The molecule has 1 spiro atoms. The van der Waals surface area contributed by atoms with Crippen LogP contribution < -0.4 is 10.5 Å². The van der Waals surface area contributed by atoms with Gasteiger partial charge in [0.2, 0.25) is 0 Å². The third-order valence-electron chi connectivity index (χ3n) is 3.62. The minimum atomic E-state index is -0.574. The van der Waals surface area contributed by atoms with Crippen molar-refractivity contribution >= 4 is 6.02 Å². The van der Waals surface area contributed by atoms with E-state index in [2.05, 4.69) is 4.99 Å². The average Bonchev–Trinajstić information content (AvgIpc) is 2.82. The first kappa shape index (κ1) is 10.4. The lowest BCUT2D eigenvalue weighted by Crippen LogP contribution is -2.30. The number of fused-ring (bicyclic) bond motifs is 4. The van der Waals surface area contributed by atoms with E-state index in [9.17, 15) is 0 Å². The molecule has 0 fully saturated rings. The second-order valence-electron chi connectivity index (χ2n) is 4.69. The number of amidine groups is 1. The van der Waals surface area contributed by atoms with Crippen LogP contribution in [0.25, 0.3) is 0 Å². The van der Waals surface area contributed by atoms with Crippen LogP contribution in [0.15, 0.2) is 53.5 Å². The summed E-state index contributed by atoms with van der Waals surface area (Å²) in [5.74, 6) is 1.62. The number of ether oxygens (including phenoxy) is 2. The predicted molar refractivity (Wildman–Crippen MR) is 71.3 cm³/mol. The second kappa shape index (κ2) is 3.51. The van der Waals surface area contributed by atoms with Gasteiger partial charge in [-0.05, 0) is 12.1 Å². The summed E-state index contributed by atoms with van der Waals surface area (Å²) in [6, 6.07) is 16.0. The highest BCUT2D eigenvalue weighted by atomic mass is 16.5. The highest BCUT2D eigenvalue weighted by molar-refractivity contribution is 5.76. The molecule has 0 radical (unpaired) electrons. The van der Waals surface area contributed by atoms with Gasteiger partial charge in [-0.3, -0.25) is 0 Å². The van der Waals surface area contributed by atoms with E-state index in [4.69, 9.17) is 15.2 Å². The van der Waals surface area contributed by atoms with E-state index in [1.807, 2.05) is 48.5 Å². The van der Waals surface area contributed by atoms with Crippen molar-refractivity contribution in [3.8, 4) is 11.5 Å². The van der Waals surface area contributed by atoms with Crippen molar-refractivity contribution < 1.29 is 9.47 Å². The lowest BCUT2D eigenvalue weighted by Gasteiger charge is -2.33. The number of hydrogen-bond donors (Lipinski definition) is 1. The molecule has 4 rings (SSSR count). The molecule has 4 nitrogen and oxygen atoms in total. The standard InChI is InChI=1S/C15H12N2O2/c16-14-17-15(9-18-14)10-5-1-3-7-12(10)19-13-8-4-2-6-11(13)15/h1-8H,9H2,(H2,16,17). The van der Waals surface area contributed by atoms with Gasteiger partial charge in [-0.15, -0.1) is 0 Å². The summed E-state index contributed by atoms with van der Waals surface area (Å²) in [4.78, 5) is 4.55. The van der Waals surface area contributed by atoms with Crippen LogP contribution in [0, 0.1) is 0 Å². The molecule has 0 saturated heterocycles. The summed E-state index contributed by atoms with van der Waals surface area (Å²) in [6.45, 7) is 0.413. The Labute approximate surface area is 110 Å². The monoisotopic (exact) mass is 252 g/mol. The molecule has 0 unspecified atom stereocenters. The first-order chi connectivity index (χ1) is 9.29. The first-order valence-corrected chi connectivity index (χ1v) is 6.15. The Morgan fingerprint density at radius 3 is 2.05 bits per heavy atom. The molecule has 19 heavy (non-hydrogen) atoms. The van der Waals surface area contributed by atoms with Crippen LogP contribution in [0.3, 0.4) is 0 Å². The molecule has 94 valence electrons. The van der Waals surface area contributed by atoms with Crippen molar-refractivity contribution in [2.45, 2.75) is 5.54 Å². The quantitative estimate of drug-likeness (QED) is 0.783. The smallest absolute Gasteiger partial charge is 0.283 e. The normalized spacial score (nSPS) is 18.0. The maximum atomic E-state index is 5.93. The predicted octanol–water partition coefficient (Wildman–Crippen LogP) is 2.38. The fraction of sp³-hybridized carbons (Fsp3) is 0.133. The van der Waals surface area contributed by atoms with E-state index in [-0.39, 0.29) is 6.02 Å². The highest BCUT2D eigenvalue weighted by Gasteiger charge is 2.46. The molecular formula is C15H12N2O2. The Balaban J connectivity index is 2.05. The molecule has 2 aromatic rings. The third-order valence-corrected chi connectivity index (χ3v) is 3.62. The fourth-order valence-corrected chi connectivity index (χ4v) is 2.77. The highest BCUT2D eigenvalue weighted by Crippen LogP contribution is 2.50. The Hall–Kier alpha value is -2.49. The van der Waals surface area contributed by atoms with Crippen LogP contribution in [0.5, 0.6) is 11.5 Å². The molecule has 0 atom stereocenters. The minimum Gasteiger partial charge on any atom is -0.462 e. The molecule has 0 amide bonds. The maximum Gasteiger partial charge on any atom is 0.283 e. The Morgan fingerprint density at radius 2 is 1.53 bits per heavy atom. The van der Waals surface area contributed by atoms with E-state index in [0.717, 1.165) is 22.6 Å². The van der Waals surface area contributed by atoms with Crippen molar-refractivity contribution in [2.75, 3.05) is 6.61 Å². The number of nitrogens with zero attached hydrogens (tertiary/aromatic N) is 1. The first-order valence-electron chi connectivity index (χ1n) is 6.15. The van der Waals surface area contributed by atoms with E-state index in [1.165, 1.54) is 0 Å². The van der Waals surface area contributed by atoms with Gasteiger partial charge in [0, 0.05) is 11.1 Å². The van der Waals surface area contributed by atoms with E-state index in [0.29, 0.717) is 6.61 Å². The second-order valence-corrected chi connectivity index (χ2v) is 4.69. The molecule has 0 bridgehead atoms. The van der Waals surface area contributed by atoms with Gasteiger partial charge in [-0.2, -0.15) is 0 Å². The summed E-state index contributed by atoms with van der Waals surface area (Å²) in [5, 5.41) is 0. The Kier molecular flexibility index (Phi) is 1.93. The molecule has 2 aromatic carbocycles. The van der Waals surface area contributed by atoms with Gasteiger partial charge in [-0.25, -0.2) is 4.99 Å².